The van der Waals surface area contributed by atoms with E-state index in [4.69, 9.17) is 0 Å². The highest BCUT2D eigenvalue weighted by atomic mass is 32.2. The summed E-state index contributed by atoms with van der Waals surface area (Å²) in [5.41, 5.74) is -0.137. The molecule has 1 heterocycles. The van der Waals surface area contributed by atoms with Gasteiger partial charge in [-0.3, -0.25) is 9.59 Å². The number of sulfonamides is 1. The van der Waals surface area contributed by atoms with Crippen molar-refractivity contribution in [3.63, 3.8) is 0 Å². The zero-order valence-electron chi connectivity index (χ0n) is 14.2. The van der Waals surface area contributed by atoms with Crippen LogP contribution in [-0.2, 0) is 10.0 Å². The van der Waals surface area contributed by atoms with Gasteiger partial charge in [-0.15, -0.1) is 6.58 Å². The lowest BCUT2D eigenvalue weighted by Gasteiger charge is -2.18. The Morgan fingerprint density at radius 3 is 2.60 bits per heavy atom. The first-order chi connectivity index (χ1) is 11.9. The summed E-state index contributed by atoms with van der Waals surface area (Å²) in [6.07, 6.45) is 2.82. The third kappa shape index (κ3) is 3.64. The molecule has 1 aromatic heterocycles. The summed E-state index contributed by atoms with van der Waals surface area (Å²) in [5.74, 6) is -0.542. The molecule has 0 aliphatic carbocycles. The van der Waals surface area contributed by atoms with E-state index < -0.39 is 21.4 Å². The first-order valence-corrected chi connectivity index (χ1v) is 9.35. The van der Waals surface area contributed by atoms with E-state index in [1.54, 1.807) is 13.8 Å². The first-order valence-electron chi connectivity index (χ1n) is 7.91. The number of rotatable bonds is 7. The van der Waals surface area contributed by atoms with E-state index >= 15 is 0 Å². The van der Waals surface area contributed by atoms with E-state index in [1.807, 2.05) is 0 Å². The van der Waals surface area contributed by atoms with Crippen LogP contribution in [0.25, 0.3) is 10.9 Å². The smallest absolute Gasteiger partial charge is 0.257 e. The predicted molar refractivity (Wildman–Crippen MR) is 97.2 cm³/mol. The number of benzene rings is 1. The largest absolute Gasteiger partial charge is 0.360 e. The first kappa shape index (κ1) is 18.9. The minimum Gasteiger partial charge on any atom is -0.360 e. The SMILES string of the molecule is C=CCNC(=O)c1c[nH]c2ccc(S(=O)(=O)N(CC)CC)cc2c1=O. The van der Waals surface area contributed by atoms with Gasteiger partial charge in [0, 0.05) is 36.7 Å². The van der Waals surface area contributed by atoms with Gasteiger partial charge >= 0.3 is 0 Å². The third-order valence-corrected chi connectivity index (χ3v) is 5.89. The van der Waals surface area contributed by atoms with E-state index in [-0.39, 0.29) is 22.4 Å². The van der Waals surface area contributed by atoms with Crippen LogP contribution in [0.4, 0.5) is 0 Å². The highest BCUT2D eigenvalue weighted by Gasteiger charge is 2.22. The molecule has 134 valence electrons. The molecule has 25 heavy (non-hydrogen) atoms. The summed E-state index contributed by atoms with van der Waals surface area (Å²) in [5, 5.41) is 2.68. The second-order valence-electron chi connectivity index (χ2n) is 5.33. The van der Waals surface area contributed by atoms with Crippen LogP contribution in [0.5, 0.6) is 0 Å². The quantitative estimate of drug-likeness (QED) is 0.728. The maximum Gasteiger partial charge on any atom is 0.257 e. The summed E-state index contributed by atoms with van der Waals surface area (Å²) in [6.45, 7) is 7.88. The molecule has 2 rings (SSSR count). The van der Waals surface area contributed by atoms with Gasteiger partial charge in [0.2, 0.25) is 15.5 Å². The van der Waals surface area contributed by atoms with Gasteiger partial charge in [-0.1, -0.05) is 19.9 Å². The summed E-state index contributed by atoms with van der Waals surface area (Å²) in [6, 6.07) is 4.29. The molecule has 0 bridgehead atoms. The highest BCUT2D eigenvalue weighted by Crippen LogP contribution is 2.19. The van der Waals surface area contributed by atoms with Crippen molar-refractivity contribution in [3.05, 3.63) is 52.8 Å². The number of amides is 1. The molecular formula is C17H21N3O4S. The fourth-order valence-electron chi connectivity index (χ4n) is 2.50. The molecule has 1 amide bonds. The molecule has 0 radical (unpaired) electrons. The van der Waals surface area contributed by atoms with E-state index in [0.29, 0.717) is 18.6 Å². The van der Waals surface area contributed by atoms with E-state index in [1.165, 1.54) is 34.8 Å². The zero-order chi connectivity index (χ0) is 18.6. The number of nitrogens with one attached hydrogen (secondary N) is 2. The fraction of sp³-hybridized carbons (Fsp3) is 0.294. The number of hydrogen-bond donors (Lipinski definition) is 2. The van der Waals surface area contributed by atoms with Crippen LogP contribution in [0.2, 0.25) is 0 Å². The maximum atomic E-state index is 12.6. The Kier molecular flexibility index (Phi) is 5.76. The molecule has 0 atom stereocenters. The molecule has 0 fully saturated rings. The second kappa shape index (κ2) is 7.62. The van der Waals surface area contributed by atoms with Gasteiger partial charge in [0.15, 0.2) is 0 Å². The van der Waals surface area contributed by atoms with Gasteiger partial charge in [0.25, 0.3) is 5.91 Å². The molecular weight excluding hydrogens is 342 g/mol. The van der Waals surface area contributed by atoms with Gasteiger partial charge < -0.3 is 10.3 Å². The number of aromatic amines is 1. The van der Waals surface area contributed by atoms with Crippen LogP contribution in [-0.4, -0.2) is 43.2 Å². The predicted octanol–water partition coefficient (Wildman–Crippen LogP) is 1.47. The summed E-state index contributed by atoms with van der Waals surface area (Å²) in [7, 11) is -3.69. The van der Waals surface area contributed by atoms with Crippen molar-refractivity contribution in [2.24, 2.45) is 0 Å². The molecule has 2 N–H and O–H groups in total. The van der Waals surface area contributed by atoms with Crippen molar-refractivity contribution in [2.75, 3.05) is 19.6 Å². The van der Waals surface area contributed by atoms with Crippen LogP contribution >= 0.6 is 0 Å². The molecule has 0 spiro atoms. The lowest BCUT2D eigenvalue weighted by molar-refractivity contribution is 0.0957. The lowest BCUT2D eigenvalue weighted by atomic mass is 10.1. The number of H-pyrrole nitrogens is 1. The fourth-order valence-corrected chi connectivity index (χ4v) is 3.98. The van der Waals surface area contributed by atoms with E-state index in [0.717, 1.165) is 0 Å². The van der Waals surface area contributed by atoms with Crippen molar-refractivity contribution >= 4 is 26.8 Å². The van der Waals surface area contributed by atoms with E-state index in [9.17, 15) is 18.0 Å². The van der Waals surface area contributed by atoms with E-state index in [2.05, 4.69) is 16.9 Å². The second-order valence-corrected chi connectivity index (χ2v) is 7.26. The van der Waals surface area contributed by atoms with Crippen molar-refractivity contribution in [1.29, 1.82) is 0 Å². The number of nitrogens with zero attached hydrogens (tertiary/aromatic N) is 1. The molecule has 0 aliphatic rings. The number of carbonyl (C=O) groups is 1. The molecule has 0 unspecified atom stereocenters. The molecule has 1 aromatic carbocycles. The minimum absolute atomic E-state index is 0.0258. The Morgan fingerprint density at radius 1 is 1.32 bits per heavy atom. The van der Waals surface area contributed by atoms with Gasteiger partial charge in [-0.2, -0.15) is 4.31 Å². The Morgan fingerprint density at radius 2 is 2.00 bits per heavy atom. The number of carbonyl (C=O) groups excluding carboxylic acids is 1. The monoisotopic (exact) mass is 363 g/mol. The Hall–Kier alpha value is -2.45. The van der Waals surface area contributed by atoms with Crippen LogP contribution < -0.4 is 10.7 Å². The summed E-state index contributed by atoms with van der Waals surface area (Å²) >= 11 is 0. The number of aromatic nitrogens is 1. The van der Waals surface area contributed by atoms with Crippen LogP contribution in [0.1, 0.15) is 24.2 Å². The van der Waals surface area contributed by atoms with Gasteiger partial charge in [-0.05, 0) is 18.2 Å². The van der Waals surface area contributed by atoms with Crippen molar-refractivity contribution in [3.8, 4) is 0 Å². The molecule has 2 aromatic rings. The molecule has 0 saturated carbocycles. The Labute approximate surface area is 146 Å². The summed E-state index contributed by atoms with van der Waals surface area (Å²) < 4.78 is 26.6. The van der Waals surface area contributed by atoms with Crippen molar-refractivity contribution < 1.29 is 13.2 Å². The zero-order valence-corrected chi connectivity index (χ0v) is 15.0. The molecule has 7 nitrogen and oxygen atoms in total. The highest BCUT2D eigenvalue weighted by molar-refractivity contribution is 7.89. The minimum atomic E-state index is -3.69. The Bertz CT molecular complexity index is 960. The topological polar surface area (TPSA) is 99.3 Å². The summed E-state index contributed by atoms with van der Waals surface area (Å²) in [4.78, 5) is 27.5. The van der Waals surface area contributed by atoms with Gasteiger partial charge in [0.1, 0.15) is 5.56 Å². The standard InChI is InChI=1S/C17H21N3O4S/c1-4-9-18-17(22)14-11-19-15-8-7-12(10-13(15)16(14)21)25(23,24)20(5-2)6-3/h4,7-8,10-11H,1,5-6,9H2,2-3H3,(H,18,22)(H,19,21). The lowest BCUT2D eigenvalue weighted by Crippen LogP contribution is -2.31. The third-order valence-electron chi connectivity index (χ3n) is 3.85. The molecule has 8 heteroatoms. The van der Waals surface area contributed by atoms with Gasteiger partial charge in [-0.25, -0.2) is 8.42 Å². The number of hydrogen-bond acceptors (Lipinski definition) is 4. The van der Waals surface area contributed by atoms with Crippen LogP contribution in [0.15, 0.2) is 46.7 Å². The number of pyridine rings is 1. The number of fused-ring (bicyclic) bond motifs is 1. The molecule has 0 saturated heterocycles. The average Bonchev–Trinajstić information content (AvgIpc) is 2.60. The van der Waals surface area contributed by atoms with Gasteiger partial charge in [0.05, 0.1) is 4.90 Å². The maximum absolute atomic E-state index is 12.6. The Balaban J connectivity index is 2.59. The van der Waals surface area contributed by atoms with Crippen LogP contribution in [0.3, 0.4) is 0 Å². The normalized spacial score (nSPS) is 11.6. The van der Waals surface area contributed by atoms with Crippen molar-refractivity contribution in [1.82, 2.24) is 14.6 Å². The van der Waals surface area contributed by atoms with Crippen molar-refractivity contribution in [2.45, 2.75) is 18.7 Å². The molecule has 0 aliphatic heterocycles. The van der Waals surface area contributed by atoms with Crippen LogP contribution in [0, 0.1) is 0 Å². The average molecular weight is 363 g/mol.